The molecule has 4 rings (SSSR count). The molecule has 0 saturated carbocycles. The Bertz CT molecular complexity index is 1250. The number of benzene rings is 1. The lowest BCUT2D eigenvalue weighted by Crippen LogP contribution is -2.35. The molecule has 0 bridgehead atoms. The van der Waals surface area contributed by atoms with E-state index in [-0.39, 0.29) is 5.56 Å². The van der Waals surface area contributed by atoms with Crippen LogP contribution in [0.25, 0.3) is 5.65 Å². The number of rotatable bonds is 4. The Labute approximate surface area is 167 Å². The molecule has 6 heteroatoms. The highest BCUT2D eigenvalue weighted by molar-refractivity contribution is 5.94. The van der Waals surface area contributed by atoms with Gasteiger partial charge in [-0.2, -0.15) is 0 Å². The van der Waals surface area contributed by atoms with Gasteiger partial charge in [0.15, 0.2) is 0 Å². The number of nitrogens with zero attached hydrogens (tertiary/aromatic N) is 3. The maximum atomic E-state index is 13.1. The van der Waals surface area contributed by atoms with Crippen molar-refractivity contribution in [2.75, 3.05) is 0 Å². The van der Waals surface area contributed by atoms with Gasteiger partial charge in [0.05, 0.1) is 6.04 Å². The van der Waals surface area contributed by atoms with Crippen LogP contribution in [-0.4, -0.2) is 20.3 Å². The van der Waals surface area contributed by atoms with Gasteiger partial charge < -0.3 is 5.32 Å². The molecule has 1 aromatic carbocycles. The van der Waals surface area contributed by atoms with Crippen molar-refractivity contribution in [1.29, 1.82) is 0 Å². The molecule has 1 atom stereocenters. The Kier molecular flexibility index (Phi) is 4.91. The van der Waals surface area contributed by atoms with Crippen molar-refractivity contribution in [2.24, 2.45) is 0 Å². The number of hydrogen-bond donors (Lipinski definition) is 1. The number of aryl methyl sites for hydroxylation is 2. The minimum Gasteiger partial charge on any atom is -0.341 e. The Morgan fingerprint density at radius 3 is 2.72 bits per heavy atom. The van der Waals surface area contributed by atoms with Crippen LogP contribution >= 0.6 is 0 Å². The molecule has 0 unspecified atom stereocenters. The number of pyridine rings is 2. The van der Waals surface area contributed by atoms with Gasteiger partial charge in [-0.05, 0) is 48.7 Å². The van der Waals surface area contributed by atoms with E-state index in [0.717, 1.165) is 22.3 Å². The molecule has 0 saturated heterocycles. The van der Waals surface area contributed by atoms with Crippen molar-refractivity contribution < 1.29 is 4.79 Å². The molecule has 144 valence electrons. The van der Waals surface area contributed by atoms with E-state index in [1.54, 1.807) is 36.8 Å². The minimum absolute atomic E-state index is 0.00658. The maximum Gasteiger partial charge on any atom is 0.270 e. The van der Waals surface area contributed by atoms with Crippen molar-refractivity contribution in [3.8, 4) is 0 Å². The predicted molar refractivity (Wildman–Crippen MR) is 111 cm³/mol. The molecule has 4 aromatic rings. The summed E-state index contributed by atoms with van der Waals surface area (Å²) < 4.78 is 1.37. The highest BCUT2D eigenvalue weighted by Crippen LogP contribution is 2.25. The lowest BCUT2D eigenvalue weighted by atomic mass is 9.94. The Morgan fingerprint density at radius 1 is 1.07 bits per heavy atom. The Balaban J connectivity index is 1.77. The van der Waals surface area contributed by atoms with Crippen LogP contribution in [0.3, 0.4) is 0 Å². The van der Waals surface area contributed by atoms with Gasteiger partial charge in [-0.25, -0.2) is 4.98 Å². The molecule has 0 spiro atoms. The van der Waals surface area contributed by atoms with Crippen LogP contribution in [0.1, 0.15) is 38.7 Å². The third-order valence-corrected chi connectivity index (χ3v) is 4.90. The number of carbonyl (C=O) groups excluding carboxylic acids is 1. The van der Waals surface area contributed by atoms with Gasteiger partial charge in [0.25, 0.3) is 11.5 Å². The van der Waals surface area contributed by atoms with E-state index >= 15 is 0 Å². The molecule has 0 aliphatic heterocycles. The van der Waals surface area contributed by atoms with E-state index in [1.807, 2.05) is 44.2 Å². The summed E-state index contributed by atoms with van der Waals surface area (Å²) in [6.07, 6.45) is 6.34. The first-order valence-electron chi connectivity index (χ1n) is 9.29. The summed E-state index contributed by atoms with van der Waals surface area (Å²) >= 11 is 0. The summed E-state index contributed by atoms with van der Waals surface area (Å²) in [6.45, 7) is 4.00. The van der Waals surface area contributed by atoms with Crippen molar-refractivity contribution in [1.82, 2.24) is 19.7 Å². The van der Waals surface area contributed by atoms with Gasteiger partial charge >= 0.3 is 0 Å². The van der Waals surface area contributed by atoms with Gasteiger partial charge in [-0.1, -0.05) is 35.9 Å². The van der Waals surface area contributed by atoms with E-state index < -0.39 is 17.5 Å². The van der Waals surface area contributed by atoms with Gasteiger partial charge in [-0.15, -0.1) is 0 Å². The van der Waals surface area contributed by atoms with E-state index in [1.165, 1.54) is 10.6 Å². The van der Waals surface area contributed by atoms with Crippen LogP contribution < -0.4 is 10.9 Å². The fourth-order valence-electron chi connectivity index (χ4n) is 3.35. The molecule has 6 nitrogen and oxygen atoms in total. The fraction of sp³-hybridized carbons (Fsp3) is 0.130. The first-order chi connectivity index (χ1) is 14.0. The second kappa shape index (κ2) is 7.67. The van der Waals surface area contributed by atoms with Crippen molar-refractivity contribution >= 4 is 11.6 Å². The smallest absolute Gasteiger partial charge is 0.270 e. The predicted octanol–water partition coefficient (Wildman–Crippen LogP) is 3.23. The zero-order valence-electron chi connectivity index (χ0n) is 16.2. The zero-order chi connectivity index (χ0) is 20.4. The topological polar surface area (TPSA) is 76.4 Å². The molecule has 0 aliphatic rings. The average molecular weight is 384 g/mol. The molecule has 3 heterocycles. The van der Waals surface area contributed by atoms with Crippen LogP contribution in [-0.2, 0) is 0 Å². The molecule has 1 amide bonds. The summed E-state index contributed by atoms with van der Waals surface area (Å²) in [4.78, 5) is 34.3. The standard InChI is InChI=1S/C23H20N4O2/c1-15-8-9-16(2)18(12-15)21(17-6-5-10-24-13-17)26-22(28)19-14-25-20-7-3-4-11-27(20)23(19)29/h3-14,21H,1-2H3,(H,26,28)/t21-/m0/s1. The largest absolute Gasteiger partial charge is 0.341 e. The summed E-state index contributed by atoms with van der Waals surface area (Å²) in [5.74, 6) is -0.476. The third kappa shape index (κ3) is 3.65. The van der Waals surface area contributed by atoms with Crippen LogP contribution in [0.2, 0.25) is 0 Å². The highest BCUT2D eigenvalue weighted by atomic mass is 16.2. The lowest BCUT2D eigenvalue weighted by molar-refractivity contribution is 0.0941. The summed E-state index contributed by atoms with van der Waals surface area (Å²) in [5, 5.41) is 3.01. The van der Waals surface area contributed by atoms with Gasteiger partial charge in [0, 0.05) is 24.8 Å². The normalized spacial score (nSPS) is 11.9. The van der Waals surface area contributed by atoms with E-state index in [4.69, 9.17) is 0 Å². The van der Waals surface area contributed by atoms with Crippen LogP contribution in [0.4, 0.5) is 0 Å². The third-order valence-electron chi connectivity index (χ3n) is 4.90. The summed E-state index contributed by atoms with van der Waals surface area (Å²) in [6, 6.07) is 14.6. The van der Waals surface area contributed by atoms with Gasteiger partial charge in [0.1, 0.15) is 11.2 Å². The maximum absolute atomic E-state index is 13.1. The zero-order valence-corrected chi connectivity index (χ0v) is 16.2. The number of carbonyl (C=O) groups is 1. The van der Waals surface area contributed by atoms with E-state index in [0.29, 0.717) is 5.65 Å². The van der Waals surface area contributed by atoms with Crippen LogP contribution in [0.15, 0.2) is 78.1 Å². The Hall–Kier alpha value is -3.80. The van der Waals surface area contributed by atoms with Crippen molar-refractivity contribution in [3.63, 3.8) is 0 Å². The first kappa shape index (κ1) is 18.6. The monoisotopic (exact) mass is 384 g/mol. The molecule has 0 fully saturated rings. The van der Waals surface area contributed by atoms with E-state index in [9.17, 15) is 9.59 Å². The lowest BCUT2D eigenvalue weighted by Gasteiger charge is -2.22. The molecule has 0 radical (unpaired) electrons. The summed E-state index contributed by atoms with van der Waals surface area (Å²) in [7, 11) is 0. The molecule has 1 N–H and O–H groups in total. The van der Waals surface area contributed by atoms with Gasteiger partial charge in [-0.3, -0.25) is 19.0 Å². The number of amides is 1. The molecule has 29 heavy (non-hydrogen) atoms. The Morgan fingerprint density at radius 2 is 1.93 bits per heavy atom. The van der Waals surface area contributed by atoms with Crippen LogP contribution in [0, 0.1) is 13.8 Å². The van der Waals surface area contributed by atoms with Crippen LogP contribution in [0.5, 0.6) is 0 Å². The number of fused-ring (bicyclic) bond motifs is 1. The van der Waals surface area contributed by atoms with E-state index in [2.05, 4.69) is 15.3 Å². The fourth-order valence-corrected chi connectivity index (χ4v) is 3.35. The average Bonchev–Trinajstić information content (AvgIpc) is 2.75. The second-order valence-corrected chi connectivity index (χ2v) is 6.96. The van der Waals surface area contributed by atoms with Crippen molar-refractivity contribution in [2.45, 2.75) is 19.9 Å². The number of hydrogen-bond acceptors (Lipinski definition) is 4. The quantitative estimate of drug-likeness (QED) is 0.586. The number of nitrogens with one attached hydrogen (secondary N) is 1. The molecule has 0 aliphatic carbocycles. The second-order valence-electron chi connectivity index (χ2n) is 6.96. The number of aromatic nitrogens is 3. The summed E-state index contributed by atoms with van der Waals surface area (Å²) in [5.41, 5.74) is 4.00. The highest BCUT2D eigenvalue weighted by Gasteiger charge is 2.22. The van der Waals surface area contributed by atoms with Gasteiger partial charge in [0.2, 0.25) is 0 Å². The van der Waals surface area contributed by atoms with Crippen molar-refractivity contribution in [3.05, 3.63) is 111 Å². The molecular weight excluding hydrogens is 364 g/mol. The SMILES string of the molecule is Cc1ccc(C)c([C@@H](NC(=O)c2cnc3ccccn3c2=O)c2cccnc2)c1. The molecule has 3 aromatic heterocycles. The molecular formula is C23H20N4O2. The minimum atomic E-state index is -0.476. The first-order valence-corrected chi connectivity index (χ1v) is 9.29.